The van der Waals surface area contributed by atoms with Crippen molar-refractivity contribution in [1.82, 2.24) is 14.5 Å². The van der Waals surface area contributed by atoms with Gasteiger partial charge in [-0.3, -0.25) is 14.2 Å². The van der Waals surface area contributed by atoms with Crippen molar-refractivity contribution in [2.75, 3.05) is 0 Å². The lowest BCUT2D eigenvalue weighted by Crippen LogP contribution is -2.18. The summed E-state index contributed by atoms with van der Waals surface area (Å²) in [6.45, 7) is 0. The molecule has 0 fully saturated rings. The summed E-state index contributed by atoms with van der Waals surface area (Å²) in [7, 11) is 0. The van der Waals surface area contributed by atoms with E-state index in [0.29, 0.717) is 22.0 Å². The smallest absolute Gasteiger partial charge is 0.262 e. The number of benzene rings is 2. The highest BCUT2D eigenvalue weighted by Gasteiger charge is 2.06. The zero-order valence-corrected chi connectivity index (χ0v) is 11.5. The quantitative estimate of drug-likeness (QED) is 0.584. The van der Waals surface area contributed by atoms with Crippen LogP contribution in [0.1, 0.15) is 0 Å². The minimum Gasteiger partial charge on any atom is -0.313 e. The Labute approximate surface area is 124 Å². The van der Waals surface area contributed by atoms with Crippen LogP contribution in [0.15, 0.2) is 70.6 Å². The van der Waals surface area contributed by atoms with Crippen LogP contribution < -0.4 is 11.1 Å². The fourth-order valence-corrected chi connectivity index (χ4v) is 2.60. The lowest BCUT2D eigenvalue weighted by molar-refractivity contribution is 1.01. The number of pyridine rings is 1. The van der Waals surface area contributed by atoms with E-state index < -0.39 is 0 Å². The first-order chi connectivity index (χ1) is 10.7. The monoisotopic (exact) mass is 289 g/mol. The minimum atomic E-state index is -0.222. The molecule has 0 radical (unpaired) electrons. The Bertz CT molecular complexity index is 1130. The van der Waals surface area contributed by atoms with E-state index in [4.69, 9.17) is 0 Å². The maximum absolute atomic E-state index is 12.6. The van der Waals surface area contributed by atoms with Crippen molar-refractivity contribution in [3.8, 4) is 5.69 Å². The third kappa shape index (κ3) is 1.83. The number of aromatic amines is 1. The third-order valence-corrected chi connectivity index (χ3v) is 3.72. The van der Waals surface area contributed by atoms with Crippen molar-refractivity contribution in [1.29, 1.82) is 0 Å². The number of H-pyrrole nitrogens is 1. The molecule has 2 aromatic heterocycles. The van der Waals surface area contributed by atoms with Gasteiger partial charge in [0.1, 0.15) is 0 Å². The summed E-state index contributed by atoms with van der Waals surface area (Å²) < 4.78 is 1.54. The van der Waals surface area contributed by atoms with Gasteiger partial charge in [-0.1, -0.05) is 18.2 Å². The van der Waals surface area contributed by atoms with Gasteiger partial charge in [0.2, 0.25) is 0 Å². The van der Waals surface area contributed by atoms with E-state index in [0.717, 1.165) is 5.39 Å². The van der Waals surface area contributed by atoms with E-state index in [2.05, 4.69) is 9.97 Å². The number of rotatable bonds is 1. The maximum atomic E-state index is 12.6. The van der Waals surface area contributed by atoms with Gasteiger partial charge in [0.05, 0.1) is 17.2 Å². The molecule has 0 spiro atoms. The number of nitrogens with zero attached hydrogens (tertiary/aromatic N) is 2. The molecule has 0 aliphatic rings. The molecular weight excluding hydrogens is 278 g/mol. The Balaban J connectivity index is 2.03. The van der Waals surface area contributed by atoms with Gasteiger partial charge in [-0.2, -0.15) is 0 Å². The highest BCUT2D eigenvalue weighted by Crippen LogP contribution is 2.15. The number of fused-ring (bicyclic) bond motifs is 2. The minimum absolute atomic E-state index is 0.113. The molecule has 0 saturated heterocycles. The molecule has 22 heavy (non-hydrogen) atoms. The molecule has 0 amide bonds. The van der Waals surface area contributed by atoms with Crippen molar-refractivity contribution in [2.45, 2.75) is 0 Å². The first-order valence-corrected chi connectivity index (χ1v) is 6.82. The van der Waals surface area contributed by atoms with Gasteiger partial charge in [0.15, 0.2) is 0 Å². The second-order valence-corrected chi connectivity index (χ2v) is 5.01. The Kier molecular flexibility index (Phi) is 2.66. The molecule has 2 aromatic carbocycles. The summed E-state index contributed by atoms with van der Waals surface area (Å²) in [5.41, 5.74) is 0.904. The Morgan fingerprint density at radius 3 is 2.73 bits per heavy atom. The van der Waals surface area contributed by atoms with Gasteiger partial charge in [-0.15, -0.1) is 0 Å². The van der Waals surface area contributed by atoms with Crippen LogP contribution in [0.3, 0.4) is 0 Å². The van der Waals surface area contributed by atoms with Crippen LogP contribution in [0, 0.1) is 0 Å². The molecule has 5 heteroatoms. The second kappa shape index (κ2) is 4.66. The van der Waals surface area contributed by atoms with Crippen molar-refractivity contribution in [3.05, 3.63) is 81.8 Å². The zero-order chi connectivity index (χ0) is 15.1. The zero-order valence-electron chi connectivity index (χ0n) is 11.5. The summed E-state index contributed by atoms with van der Waals surface area (Å²) in [4.78, 5) is 31.1. The molecule has 0 aliphatic heterocycles. The second-order valence-electron chi connectivity index (χ2n) is 5.01. The lowest BCUT2D eigenvalue weighted by Gasteiger charge is -2.08. The van der Waals surface area contributed by atoms with Crippen LogP contribution in [0.2, 0.25) is 0 Å². The fraction of sp³-hybridized carbons (Fsp3) is 0. The van der Waals surface area contributed by atoms with Gasteiger partial charge in [0.25, 0.3) is 11.1 Å². The predicted molar refractivity (Wildman–Crippen MR) is 85.5 cm³/mol. The van der Waals surface area contributed by atoms with Crippen LogP contribution in [0.5, 0.6) is 0 Å². The van der Waals surface area contributed by atoms with Crippen molar-refractivity contribution >= 4 is 21.7 Å². The fourth-order valence-electron chi connectivity index (χ4n) is 2.60. The number of hydrogen-bond donors (Lipinski definition) is 1. The predicted octanol–water partition coefficient (Wildman–Crippen LogP) is 2.23. The summed E-state index contributed by atoms with van der Waals surface area (Å²) in [5.74, 6) is 0. The standard InChI is InChI=1S/C17H11N3O2/c21-16-14-9-12(5-6-15(14)18-10-19-16)20-8-7-11-3-1-2-4-13(11)17(20)22/h1-10H,(H,18,19,21). The Morgan fingerprint density at radius 1 is 0.955 bits per heavy atom. The van der Waals surface area contributed by atoms with E-state index in [1.807, 2.05) is 24.3 Å². The summed E-state index contributed by atoms with van der Waals surface area (Å²) in [6, 6.07) is 14.5. The largest absolute Gasteiger partial charge is 0.313 e. The third-order valence-electron chi connectivity index (χ3n) is 3.72. The van der Waals surface area contributed by atoms with Gasteiger partial charge < -0.3 is 4.98 Å². The molecular formula is C17H11N3O2. The topological polar surface area (TPSA) is 67.8 Å². The van der Waals surface area contributed by atoms with Gasteiger partial charge in [-0.25, -0.2) is 4.98 Å². The Morgan fingerprint density at radius 2 is 1.82 bits per heavy atom. The van der Waals surface area contributed by atoms with Gasteiger partial charge >= 0.3 is 0 Å². The maximum Gasteiger partial charge on any atom is 0.262 e. The summed E-state index contributed by atoms with van der Waals surface area (Å²) in [5, 5.41) is 1.99. The Hall–Kier alpha value is -3.21. The first-order valence-electron chi connectivity index (χ1n) is 6.82. The molecule has 0 saturated carbocycles. The highest BCUT2D eigenvalue weighted by atomic mass is 16.1. The number of nitrogens with one attached hydrogen (secondary N) is 1. The molecule has 2 heterocycles. The molecule has 4 aromatic rings. The molecule has 0 unspecified atom stereocenters. The first kappa shape index (κ1) is 12.5. The molecule has 0 bridgehead atoms. The number of aromatic nitrogens is 3. The molecule has 106 valence electrons. The summed E-state index contributed by atoms with van der Waals surface area (Å²) >= 11 is 0. The van der Waals surface area contributed by atoms with Crippen LogP contribution in [0.25, 0.3) is 27.4 Å². The van der Waals surface area contributed by atoms with Crippen molar-refractivity contribution < 1.29 is 0 Å². The van der Waals surface area contributed by atoms with E-state index >= 15 is 0 Å². The highest BCUT2D eigenvalue weighted by molar-refractivity contribution is 5.82. The average molecular weight is 289 g/mol. The van der Waals surface area contributed by atoms with E-state index in [9.17, 15) is 9.59 Å². The molecule has 4 rings (SSSR count). The van der Waals surface area contributed by atoms with E-state index in [1.54, 1.807) is 30.5 Å². The molecule has 0 atom stereocenters. The molecule has 0 aliphatic carbocycles. The number of hydrogen-bond acceptors (Lipinski definition) is 3. The van der Waals surface area contributed by atoms with Gasteiger partial charge in [0, 0.05) is 17.3 Å². The summed E-state index contributed by atoms with van der Waals surface area (Å²) in [6.07, 6.45) is 3.09. The van der Waals surface area contributed by atoms with Crippen LogP contribution in [-0.2, 0) is 0 Å². The van der Waals surface area contributed by atoms with E-state index in [1.165, 1.54) is 10.9 Å². The lowest BCUT2D eigenvalue weighted by atomic mass is 10.1. The van der Waals surface area contributed by atoms with Crippen LogP contribution >= 0.6 is 0 Å². The van der Waals surface area contributed by atoms with E-state index in [-0.39, 0.29) is 11.1 Å². The molecule has 5 nitrogen and oxygen atoms in total. The van der Waals surface area contributed by atoms with Crippen LogP contribution in [0.4, 0.5) is 0 Å². The average Bonchev–Trinajstić information content (AvgIpc) is 2.56. The van der Waals surface area contributed by atoms with Gasteiger partial charge in [-0.05, 0) is 35.7 Å². The SMILES string of the molecule is O=c1[nH]cnc2ccc(-n3ccc4ccccc4c3=O)cc12. The molecule has 1 N–H and O–H groups in total. The van der Waals surface area contributed by atoms with Crippen molar-refractivity contribution in [3.63, 3.8) is 0 Å². The van der Waals surface area contributed by atoms with Crippen LogP contribution in [-0.4, -0.2) is 14.5 Å². The van der Waals surface area contributed by atoms with Crippen molar-refractivity contribution in [2.24, 2.45) is 0 Å². The normalized spacial score (nSPS) is 11.1.